The Bertz CT molecular complexity index is 1410. The maximum atomic E-state index is 11.6. The Morgan fingerprint density at radius 1 is 1.13 bits per heavy atom. The molecule has 0 aliphatic carbocycles. The van der Waals surface area contributed by atoms with Crippen LogP contribution in [-0.4, -0.2) is 38.8 Å². The molecule has 1 N–H and O–H groups in total. The zero-order valence-corrected chi connectivity index (χ0v) is 23.8. The van der Waals surface area contributed by atoms with Crippen molar-refractivity contribution in [3.63, 3.8) is 0 Å². The molecule has 1 aromatic carbocycles. The fourth-order valence-corrected chi connectivity index (χ4v) is 5.57. The summed E-state index contributed by atoms with van der Waals surface area (Å²) in [5, 5.41) is 15.9. The minimum Gasteiger partial charge on any atom is -0.453 e. The molecule has 0 atom stereocenters. The first-order chi connectivity index (χ1) is 19.1. The second kappa shape index (κ2) is 13.7. The molecule has 39 heavy (non-hydrogen) atoms. The SMILES string of the molecule is CC.CC(=O)N1CCC(c2csc(Nc3ncc(Sc4ccc(C#N)cn4)cc3Oc3ccccc3)n2)CC1. The topological polar surface area (TPSA) is 104 Å². The number of piperidine rings is 1. The molecule has 0 radical (unpaired) electrons. The molecule has 1 saturated heterocycles. The molecule has 1 aliphatic rings. The van der Waals surface area contributed by atoms with Crippen LogP contribution >= 0.6 is 23.1 Å². The predicted molar refractivity (Wildman–Crippen MR) is 155 cm³/mol. The molecule has 0 bridgehead atoms. The van der Waals surface area contributed by atoms with Crippen LogP contribution in [0.5, 0.6) is 11.5 Å². The molecule has 0 saturated carbocycles. The molecule has 4 heterocycles. The molecule has 8 nitrogen and oxygen atoms in total. The maximum absolute atomic E-state index is 11.6. The van der Waals surface area contributed by atoms with E-state index in [4.69, 9.17) is 15.0 Å². The molecule has 3 aromatic heterocycles. The number of carbonyl (C=O) groups is 1. The molecule has 1 amide bonds. The summed E-state index contributed by atoms with van der Waals surface area (Å²) >= 11 is 2.97. The number of rotatable bonds is 7. The summed E-state index contributed by atoms with van der Waals surface area (Å²) in [6.07, 6.45) is 5.14. The van der Waals surface area contributed by atoms with Gasteiger partial charge in [-0.25, -0.2) is 15.0 Å². The van der Waals surface area contributed by atoms with E-state index in [1.165, 1.54) is 23.1 Å². The van der Waals surface area contributed by atoms with E-state index in [0.717, 1.165) is 46.7 Å². The number of nitrogens with one attached hydrogen (secondary N) is 1. The number of amides is 1. The van der Waals surface area contributed by atoms with Gasteiger partial charge in [-0.2, -0.15) is 5.26 Å². The Labute approximate surface area is 237 Å². The smallest absolute Gasteiger partial charge is 0.219 e. The number of ether oxygens (including phenoxy) is 1. The summed E-state index contributed by atoms with van der Waals surface area (Å²) in [5.74, 6) is 2.30. The number of anilines is 2. The van der Waals surface area contributed by atoms with Crippen LogP contribution in [0, 0.1) is 11.3 Å². The minimum atomic E-state index is 0.132. The first-order valence-corrected chi connectivity index (χ1v) is 14.5. The monoisotopic (exact) mass is 558 g/mol. The van der Waals surface area contributed by atoms with Gasteiger partial charge >= 0.3 is 0 Å². The van der Waals surface area contributed by atoms with Crippen molar-refractivity contribution in [2.45, 2.75) is 49.5 Å². The van der Waals surface area contributed by atoms with Crippen molar-refractivity contribution in [3.8, 4) is 17.6 Å². The van der Waals surface area contributed by atoms with Gasteiger partial charge in [-0.05, 0) is 37.1 Å². The lowest BCUT2D eigenvalue weighted by Crippen LogP contribution is -2.36. The average molecular weight is 559 g/mol. The fourth-order valence-electron chi connectivity index (χ4n) is 4.02. The first-order valence-electron chi connectivity index (χ1n) is 12.8. The van der Waals surface area contributed by atoms with Gasteiger partial charge < -0.3 is 15.0 Å². The van der Waals surface area contributed by atoms with Crippen LogP contribution in [0.4, 0.5) is 10.9 Å². The molecular weight excluding hydrogens is 528 g/mol. The van der Waals surface area contributed by atoms with Gasteiger partial charge in [0.1, 0.15) is 16.8 Å². The molecule has 10 heteroatoms. The summed E-state index contributed by atoms with van der Waals surface area (Å²) in [5.41, 5.74) is 1.56. The van der Waals surface area contributed by atoms with Gasteiger partial charge in [0, 0.05) is 54.7 Å². The van der Waals surface area contributed by atoms with Gasteiger partial charge in [0.2, 0.25) is 5.91 Å². The lowest BCUT2D eigenvalue weighted by Gasteiger charge is -2.30. The van der Waals surface area contributed by atoms with Gasteiger partial charge in [0.05, 0.1) is 11.3 Å². The molecule has 200 valence electrons. The lowest BCUT2D eigenvalue weighted by molar-refractivity contribution is -0.129. The van der Waals surface area contributed by atoms with E-state index < -0.39 is 0 Å². The van der Waals surface area contributed by atoms with Crippen LogP contribution < -0.4 is 10.1 Å². The first kappa shape index (κ1) is 28.1. The number of nitriles is 1. The number of carbonyl (C=O) groups excluding carboxylic acids is 1. The predicted octanol–water partition coefficient (Wildman–Crippen LogP) is 7.24. The van der Waals surface area contributed by atoms with Crippen LogP contribution in [0.15, 0.2) is 76.2 Å². The second-order valence-electron chi connectivity index (χ2n) is 8.51. The number of benzene rings is 1. The van der Waals surface area contributed by atoms with Crippen molar-refractivity contribution in [3.05, 3.63) is 77.6 Å². The summed E-state index contributed by atoms with van der Waals surface area (Å²) in [7, 11) is 0. The number of aromatic nitrogens is 3. The van der Waals surface area contributed by atoms with Crippen LogP contribution in [0.2, 0.25) is 0 Å². The van der Waals surface area contributed by atoms with Crippen molar-refractivity contribution < 1.29 is 9.53 Å². The van der Waals surface area contributed by atoms with Gasteiger partial charge in [0.15, 0.2) is 16.7 Å². The molecule has 4 aromatic rings. The highest BCUT2D eigenvalue weighted by Gasteiger charge is 2.24. The number of pyridine rings is 2. The summed E-state index contributed by atoms with van der Waals surface area (Å²) in [6, 6.07) is 17.1. The van der Waals surface area contributed by atoms with Crippen molar-refractivity contribution in [1.29, 1.82) is 5.26 Å². The minimum absolute atomic E-state index is 0.132. The molecule has 0 spiro atoms. The highest BCUT2D eigenvalue weighted by Crippen LogP contribution is 2.37. The zero-order valence-electron chi connectivity index (χ0n) is 22.1. The van der Waals surface area contributed by atoms with Gasteiger partial charge in [-0.15, -0.1) is 11.3 Å². The summed E-state index contributed by atoms with van der Waals surface area (Å²) < 4.78 is 6.19. The van der Waals surface area contributed by atoms with E-state index >= 15 is 0 Å². The maximum Gasteiger partial charge on any atom is 0.219 e. The Morgan fingerprint density at radius 2 is 1.90 bits per heavy atom. The fraction of sp³-hybridized carbons (Fsp3) is 0.276. The molecule has 1 fully saturated rings. The number of hydrogen-bond donors (Lipinski definition) is 1. The normalized spacial score (nSPS) is 13.1. The van der Waals surface area contributed by atoms with Crippen molar-refractivity contribution in [2.75, 3.05) is 18.4 Å². The summed E-state index contributed by atoms with van der Waals surface area (Å²) in [4.78, 5) is 28.2. The van der Waals surface area contributed by atoms with Gasteiger partial charge in [-0.3, -0.25) is 4.79 Å². The molecule has 5 rings (SSSR count). The van der Waals surface area contributed by atoms with Crippen molar-refractivity contribution >= 4 is 40.0 Å². The van der Waals surface area contributed by atoms with E-state index in [1.54, 1.807) is 25.4 Å². The zero-order chi connectivity index (χ0) is 27.6. The van der Waals surface area contributed by atoms with Crippen LogP contribution in [0.25, 0.3) is 0 Å². The number of nitrogens with zero attached hydrogens (tertiary/aromatic N) is 5. The Hall–Kier alpha value is -3.94. The number of hydrogen-bond acceptors (Lipinski definition) is 9. The third-order valence-electron chi connectivity index (χ3n) is 5.99. The van der Waals surface area contributed by atoms with E-state index in [2.05, 4.69) is 26.7 Å². The Kier molecular flexibility index (Phi) is 9.89. The summed E-state index contributed by atoms with van der Waals surface area (Å²) in [6.45, 7) is 7.16. The second-order valence-corrected chi connectivity index (χ2v) is 10.5. The van der Waals surface area contributed by atoms with E-state index in [9.17, 15) is 4.79 Å². The van der Waals surface area contributed by atoms with E-state index in [0.29, 0.717) is 28.8 Å². The third-order valence-corrected chi connectivity index (χ3v) is 7.68. The Morgan fingerprint density at radius 3 is 2.56 bits per heavy atom. The van der Waals surface area contributed by atoms with Gasteiger partial charge in [-0.1, -0.05) is 43.8 Å². The van der Waals surface area contributed by atoms with Crippen LogP contribution in [0.1, 0.15) is 50.8 Å². The number of thiazole rings is 1. The average Bonchev–Trinajstić information content (AvgIpc) is 3.45. The molecular formula is C29H30N6O2S2. The lowest BCUT2D eigenvalue weighted by atomic mass is 9.94. The molecule has 1 aliphatic heterocycles. The number of likely N-dealkylation sites (tertiary alicyclic amines) is 1. The van der Waals surface area contributed by atoms with E-state index in [-0.39, 0.29) is 5.91 Å². The van der Waals surface area contributed by atoms with E-state index in [1.807, 2.05) is 61.2 Å². The van der Waals surface area contributed by atoms with Crippen LogP contribution in [0.3, 0.4) is 0 Å². The van der Waals surface area contributed by atoms with Crippen molar-refractivity contribution in [1.82, 2.24) is 19.9 Å². The highest BCUT2D eigenvalue weighted by atomic mass is 32.2. The standard InChI is InChI=1S/C27H24N6O2S2.C2H6/c1-18(34)33-11-9-20(10-12-33)23-17-36-27(31-23)32-26-24(35-21-5-3-2-4-6-21)13-22(16-30-26)37-25-8-7-19(14-28)15-29-25;1-2/h2-8,13,15-17,20H,9-12H2,1H3,(H,30,31,32);1-2H3. The highest BCUT2D eigenvalue weighted by molar-refractivity contribution is 7.99. The Balaban J connectivity index is 0.00000172. The van der Waals surface area contributed by atoms with Gasteiger partial charge in [0.25, 0.3) is 0 Å². The molecule has 0 unspecified atom stereocenters. The van der Waals surface area contributed by atoms with Crippen LogP contribution in [-0.2, 0) is 4.79 Å². The largest absolute Gasteiger partial charge is 0.453 e. The third kappa shape index (κ3) is 7.56. The number of para-hydroxylation sites is 1. The quantitative estimate of drug-likeness (QED) is 0.253. The van der Waals surface area contributed by atoms with Crippen molar-refractivity contribution in [2.24, 2.45) is 0 Å².